The van der Waals surface area contributed by atoms with E-state index in [1.165, 1.54) is 83.5 Å². The maximum atomic E-state index is 12.5. The van der Waals surface area contributed by atoms with Gasteiger partial charge >= 0.3 is 11.9 Å². The summed E-state index contributed by atoms with van der Waals surface area (Å²) in [5, 5.41) is 30.7. The number of ketones is 1. The molecule has 0 bridgehead atoms. The van der Waals surface area contributed by atoms with Crippen molar-refractivity contribution in [3.8, 4) is 0 Å². The van der Waals surface area contributed by atoms with E-state index in [0.717, 1.165) is 63.7 Å². The van der Waals surface area contributed by atoms with Crippen molar-refractivity contribution in [3.05, 3.63) is 12.2 Å². The van der Waals surface area contributed by atoms with Crippen LogP contribution in [0.25, 0.3) is 0 Å². The zero-order valence-corrected chi connectivity index (χ0v) is 33.7. The van der Waals surface area contributed by atoms with E-state index in [4.69, 9.17) is 9.47 Å². The highest BCUT2D eigenvalue weighted by Crippen LogP contribution is 2.34. The van der Waals surface area contributed by atoms with Crippen molar-refractivity contribution in [1.29, 1.82) is 0 Å². The molecule has 304 valence electrons. The zero-order valence-electron chi connectivity index (χ0n) is 33.7. The van der Waals surface area contributed by atoms with Gasteiger partial charge in [0.15, 0.2) is 0 Å². The lowest BCUT2D eigenvalue weighted by Crippen LogP contribution is -2.25. The van der Waals surface area contributed by atoms with E-state index in [1.54, 1.807) is 6.08 Å². The lowest BCUT2D eigenvalue weighted by molar-refractivity contribution is -0.152. The zero-order chi connectivity index (χ0) is 38.2. The Morgan fingerprint density at radius 1 is 0.692 bits per heavy atom. The Labute approximate surface area is 318 Å². The molecule has 8 nitrogen and oxygen atoms in total. The molecule has 0 aliphatic heterocycles. The average Bonchev–Trinajstić information content (AvgIpc) is 3.40. The normalized spacial score (nSPS) is 19.3. The summed E-state index contributed by atoms with van der Waals surface area (Å²) in [6.45, 7) is 6.40. The molecule has 0 spiro atoms. The molecule has 0 heterocycles. The second-order valence-corrected chi connectivity index (χ2v) is 15.8. The van der Waals surface area contributed by atoms with Crippen LogP contribution in [-0.2, 0) is 23.9 Å². The third kappa shape index (κ3) is 26.1. The highest BCUT2D eigenvalue weighted by atomic mass is 16.6. The Kier molecular flexibility index (Phi) is 30.3. The molecule has 0 saturated heterocycles. The predicted octanol–water partition coefficient (Wildman–Crippen LogP) is 10.1. The lowest BCUT2D eigenvalue weighted by atomic mass is 9.88. The summed E-state index contributed by atoms with van der Waals surface area (Å²) in [5.41, 5.74) is 0. The summed E-state index contributed by atoms with van der Waals surface area (Å²) in [6.07, 6.45) is 30.2. The van der Waals surface area contributed by atoms with Gasteiger partial charge in [0.05, 0.1) is 12.2 Å². The first-order chi connectivity index (χ1) is 25.2. The fraction of sp³-hybridized carbons (Fsp3) is 0.886. The quantitative estimate of drug-likeness (QED) is 0.0333. The molecule has 0 aromatic carbocycles. The van der Waals surface area contributed by atoms with Gasteiger partial charge in [0.2, 0.25) is 0 Å². The largest absolute Gasteiger partial charge is 0.463 e. The minimum Gasteiger partial charge on any atom is -0.463 e. The van der Waals surface area contributed by atoms with Gasteiger partial charge in [-0.15, -0.1) is 0 Å². The van der Waals surface area contributed by atoms with Crippen molar-refractivity contribution in [2.24, 2.45) is 17.8 Å². The van der Waals surface area contributed by atoms with E-state index in [2.05, 4.69) is 20.8 Å². The molecular weight excluding hydrogens is 656 g/mol. The van der Waals surface area contributed by atoms with Gasteiger partial charge in [-0.25, -0.2) is 0 Å². The van der Waals surface area contributed by atoms with Crippen LogP contribution in [0.15, 0.2) is 12.2 Å². The molecule has 1 aliphatic rings. The maximum absolute atomic E-state index is 12.5. The molecule has 1 rings (SSSR count). The highest BCUT2D eigenvalue weighted by Gasteiger charge is 2.39. The van der Waals surface area contributed by atoms with Crippen LogP contribution in [0.1, 0.15) is 201 Å². The van der Waals surface area contributed by atoms with Crippen LogP contribution in [0.3, 0.4) is 0 Å². The third-order valence-corrected chi connectivity index (χ3v) is 10.9. The molecule has 52 heavy (non-hydrogen) atoms. The highest BCUT2D eigenvalue weighted by molar-refractivity contribution is 5.84. The Morgan fingerprint density at radius 2 is 1.15 bits per heavy atom. The van der Waals surface area contributed by atoms with Gasteiger partial charge < -0.3 is 24.8 Å². The van der Waals surface area contributed by atoms with Gasteiger partial charge in [-0.05, 0) is 31.6 Å². The summed E-state index contributed by atoms with van der Waals surface area (Å²) in [5.74, 6) is -0.210. The second kappa shape index (κ2) is 32.6. The molecule has 0 amide bonds. The first-order valence-electron chi connectivity index (χ1n) is 21.7. The first-order valence-corrected chi connectivity index (χ1v) is 21.7. The molecule has 1 saturated carbocycles. The first kappa shape index (κ1) is 48.2. The van der Waals surface area contributed by atoms with Gasteiger partial charge in [0.1, 0.15) is 25.1 Å². The predicted molar refractivity (Wildman–Crippen MR) is 211 cm³/mol. The number of unbranched alkanes of at least 4 members (excludes halogenated alkanes) is 18. The van der Waals surface area contributed by atoms with Crippen LogP contribution in [0.2, 0.25) is 0 Å². The van der Waals surface area contributed by atoms with E-state index in [0.29, 0.717) is 25.7 Å². The monoisotopic (exact) mass is 737 g/mol. The fourth-order valence-corrected chi connectivity index (χ4v) is 7.19. The Morgan fingerprint density at radius 3 is 1.65 bits per heavy atom. The molecule has 1 fully saturated rings. The summed E-state index contributed by atoms with van der Waals surface area (Å²) in [6, 6.07) is 0. The minimum absolute atomic E-state index is 0.0840. The van der Waals surface area contributed by atoms with Crippen LogP contribution in [0.5, 0.6) is 0 Å². The van der Waals surface area contributed by atoms with Crippen LogP contribution in [-0.4, -0.2) is 64.6 Å². The van der Waals surface area contributed by atoms with Crippen molar-refractivity contribution in [1.82, 2.24) is 0 Å². The number of esters is 2. The Hall–Kier alpha value is -1.77. The molecule has 1 aliphatic carbocycles. The van der Waals surface area contributed by atoms with Crippen molar-refractivity contribution in [3.63, 3.8) is 0 Å². The Balaban J connectivity index is 1.97. The van der Waals surface area contributed by atoms with Crippen molar-refractivity contribution in [2.75, 3.05) is 13.2 Å². The summed E-state index contributed by atoms with van der Waals surface area (Å²) in [4.78, 5) is 36.6. The van der Waals surface area contributed by atoms with Gasteiger partial charge in [0, 0.05) is 31.1 Å². The summed E-state index contributed by atoms with van der Waals surface area (Å²) in [7, 11) is 0. The molecule has 0 aromatic heterocycles. The molecule has 0 aromatic rings. The molecule has 0 radical (unpaired) electrons. The van der Waals surface area contributed by atoms with E-state index >= 15 is 0 Å². The molecule has 8 heteroatoms. The number of ether oxygens (including phenoxy) is 2. The van der Waals surface area contributed by atoms with Crippen LogP contribution < -0.4 is 0 Å². The fourth-order valence-electron chi connectivity index (χ4n) is 7.19. The standard InChI is InChI=1S/C44H80O8/c1-4-6-21-27-37(45)31-32-40-39(41(47)33-42(40)48)28-23-19-20-25-30-44(50)52-35-38(46)34-51-43(49)29-24-18-16-14-12-10-8-7-9-11-13-15-17-22-26-36(3)5-2/h31-32,36-40,42,45-46,48H,4-30,33-35H2,1-3H3/b32-31+/t36?,37-,38-,39+,40+,42+/m0/s1. The van der Waals surface area contributed by atoms with E-state index in [9.17, 15) is 29.7 Å². The molecular formula is C44H80O8. The van der Waals surface area contributed by atoms with Gasteiger partial charge in [-0.1, -0.05) is 168 Å². The van der Waals surface area contributed by atoms with Crippen molar-refractivity contribution in [2.45, 2.75) is 219 Å². The number of Topliss-reactive ketones (excluding diaryl/α,β-unsaturated/α-hetero) is 1. The van der Waals surface area contributed by atoms with E-state index in [1.807, 2.05) is 6.08 Å². The number of aliphatic hydroxyl groups is 3. The lowest BCUT2D eigenvalue weighted by Gasteiger charge is -2.18. The van der Waals surface area contributed by atoms with Crippen LogP contribution in [0.4, 0.5) is 0 Å². The van der Waals surface area contributed by atoms with E-state index < -0.39 is 18.3 Å². The summed E-state index contributed by atoms with van der Waals surface area (Å²) >= 11 is 0. The molecule has 1 unspecified atom stereocenters. The number of hydrogen-bond donors (Lipinski definition) is 3. The number of carbonyl (C=O) groups excluding carboxylic acids is 3. The van der Waals surface area contributed by atoms with Gasteiger partial charge in [-0.3, -0.25) is 14.4 Å². The van der Waals surface area contributed by atoms with Crippen molar-refractivity contribution >= 4 is 17.7 Å². The minimum atomic E-state index is -1.04. The molecule has 6 atom stereocenters. The SMILES string of the molecule is CCCCC[C@H](O)/C=C/[C@H]1[C@H](O)CC(=O)[C@@H]1CCCCCCC(=O)OC[C@@H](O)COC(=O)CCCCCCCCCCCCCCCCC(C)CC. The number of rotatable bonds is 35. The van der Waals surface area contributed by atoms with Gasteiger partial charge in [-0.2, -0.15) is 0 Å². The topological polar surface area (TPSA) is 130 Å². The number of aliphatic hydroxyl groups excluding tert-OH is 3. The van der Waals surface area contributed by atoms with E-state index in [-0.39, 0.29) is 55.6 Å². The second-order valence-electron chi connectivity index (χ2n) is 15.8. The van der Waals surface area contributed by atoms with Crippen molar-refractivity contribution < 1.29 is 39.2 Å². The average molecular weight is 737 g/mol. The van der Waals surface area contributed by atoms with Crippen LogP contribution in [0, 0.1) is 17.8 Å². The third-order valence-electron chi connectivity index (χ3n) is 10.9. The Bertz CT molecular complexity index is 920. The van der Waals surface area contributed by atoms with Crippen LogP contribution >= 0.6 is 0 Å². The number of hydrogen-bond acceptors (Lipinski definition) is 8. The maximum Gasteiger partial charge on any atom is 0.305 e. The smallest absolute Gasteiger partial charge is 0.305 e. The number of carbonyl (C=O) groups is 3. The summed E-state index contributed by atoms with van der Waals surface area (Å²) < 4.78 is 10.3. The van der Waals surface area contributed by atoms with Gasteiger partial charge in [0.25, 0.3) is 0 Å². The molecule has 3 N–H and O–H groups in total.